The van der Waals surface area contributed by atoms with Crippen LogP contribution in [-0.4, -0.2) is 37.9 Å². The van der Waals surface area contributed by atoms with Gasteiger partial charge in [-0.25, -0.2) is 14.6 Å². The predicted molar refractivity (Wildman–Crippen MR) is 123 cm³/mol. The van der Waals surface area contributed by atoms with Crippen molar-refractivity contribution < 1.29 is 14.3 Å². The van der Waals surface area contributed by atoms with Gasteiger partial charge in [-0.15, -0.1) is 0 Å². The SMILES string of the molecule is CCOC(=O)COc1ccc(/C=C/c2nc3c(c(=O)n(CC)c(=O)n3CC)n2C)cc1Cl. The molecule has 10 heteroatoms. The number of rotatable bonds is 8. The van der Waals surface area contributed by atoms with Gasteiger partial charge in [-0.1, -0.05) is 23.7 Å². The van der Waals surface area contributed by atoms with Crippen LogP contribution in [-0.2, 0) is 29.7 Å². The van der Waals surface area contributed by atoms with E-state index in [-0.39, 0.29) is 31.0 Å². The van der Waals surface area contributed by atoms with Crippen molar-refractivity contribution in [3.05, 3.63) is 55.4 Å². The van der Waals surface area contributed by atoms with Crippen LogP contribution < -0.4 is 16.0 Å². The first kappa shape index (κ1) is 23.3. The minimum Gasteiger partial charge on any atom is -0.480 e. The molecule has 0 saturated heterocycles. The van der Waals surface area contributed by atoms with E-state index in [4.69, 9.17) is 21.1 Å². The molecule has 0 bridgehead atoms. The molecular formula is C22H25ClN4O5. The van der Waals surface area contributed by atoms with Gasteiger partial charge in [-0.05, 0) is 44.5 Å². The third-order valence-electron chi connectivity index (χ3n) is 4.94. The van der Waals surface area contributed by atoms with Crippen LogP contribution in [0, 0.1) is 0 Å². The maximum atomic E-state index is 12.8. The van der Waals surface area contributed by atoms with E-state index < -0.39 is 5.97 Å². The van der Waals surface area contributed by atoms with Gasteiger partial charge in [0, 0.05) is 20.1 Å². The van der Waals surface area contributed by atoms with Crippen molar-refractivity contribution in [1.29, 1.82) is 0 Å². The summed E-state index contributed by atoms with van der Waals surface area (Å²) in [5.41, 5.74) is 0.762. The lowest BCUT2D eigenvalue weighted by atomic mass is 10.2. The minimum atomic E-state index is -0.470. The molecule has 170 valence electrons. The van der Waals surface area contributed by atoms with E-state index in [2.05, 4.69) is 4.98 Å². The Kier molecular flexibility index (Phi) is 7.19. The largest absolute Gasteiger partial charge is 0.480 e. The Labute approximate surface area is 189 Å². The summed E-state index contributed by atoms with van der Waals surface area (Å²) in [5, 5.41) is 0.340. The Morgan fingerprint density at radius 2 is 1.84 bits per heavy atom. The van der Waals surface area contributed by atoms with E-state index in [0.29, 0.717) is 34.3 Å². The maximum absolute atomic E-state index is 12.8. The maximum Gasteiger partial charge on any atom is 0.344 e. The summed E-state index contributed by atoms with van der Waals surface area (Å²) in [5.74, 6) is 0.417. The zero-order valence-electron chi connectivity index (χ0n) is 18.4. The third-order valence-corrected chi connectivity index (χ3v) is 5.24. The molecule has 0 aliphatic heterocycles. The second-order valence-corrected chi connectivity index (χ2v) is 7.30. The first-order chi connectivity index (χ1) is 15.3. The zero-order valence-corrected chi connectivity index (χ0v) is 19.2. The quantitative estimate of drug-likeness (QED) is 0.479. The van der Waals surface area contributed by atoms with Crippen molar-refractivity contribution in [2.75, 3.05) is 13.2 Å². The Morgan fingerprint density at radius 3 is 2.47 bits per heavy atom. The van der Waals surface area contributed by atoms with Crippen molar-refractivity contribution in [2.45, 2.75) is 33.9 Å². The molecule has 3 rings (SSSR count). The van der Waals surface area contributed by atoms with Crippen molar-refractivity contribution in [1.82, 2.24) is 18.7 Å². The summed E-state index contributed by atoms with van der Waals surface area (Å²) in [6.45, 7) is 6.06. The van der Waals surface area contributed by atoms with Crippen LogP contribution >= 0.6 is 11.6 Å². The number of carbonyl (C=O) groups is 1. The molecule has 0 aliphatic rings. The Hall–Kier alpha value is -3.33. The smallest absolute Gasteiger partial charge is 0.344 e. The van der Waals surface area contributed by atoms with Crippen LogP contribution in [0.4, 0.5) is 0 Å². The molecule has 0 amide bonds. The molecule has 0 fully saturated rings. The highest BCUT2D eigenvalue weighted by Crippen LogP contribution is 2.26. The summed E-state index contributed by atoms with van der Waals surface area (Å²) < 4.78 is 14.6. The lowest BCUT2D eigenvalue weighted by Crippen LogP contribution is -2.39. The molecule has 0 unspecified atom stereocenters. The van der Waals surface area contributed by atoms with Crippen LogP contribution in [0.15, 0.2) is 27.8 Å². The summed E-state index contributed by atoms with van der Waals surface area (Å²) in [6, 6.07) is 5.12. The molecule has 9 nitrogen and oxygen atoms in total. The molecule has 2 heterocycles. The Morgan fingerprint density at radius 1 is 1.12 bits per heavy atom. The molecule has 32 heavy (non-hydrogen) atoms. The first-order valence-electron chi connectivity index (χ1n) is 10.3. The highest BCUT2D eigenvalue weighted by molar-refractivity contribution is 6.32. The molecule has 0 radical (unpaired) electrons. The van der Waals surface area contributed by atoms with Crippen molar-refractivity contribution in [3.63, 3.8) is 0 Å². The number of aromatic nitrogens is 4. The molecule has 0 atom stereocenters. The van der Waals surface area contributed by atoms with Gasteiger partial charge in [0.05, 0.1) is 11.6 Å². The predicted octanol–water partition coefficient (Wildman–Crippen LogP) is 2.70. The molecular weight excluding hydrogens is 436 g/mol. The lowest BCUT2D eigenvalue weighted by Gasteiger charge is -2.08. The number of aryl methyl sites for hydroxylation is 2. The van der Waals surface area contributed by atoms with Gasteiger partial charge < -0.3 is 14.0 Å². The standard InChI is InChI=1S/C22H25ClN4O5/c1-5-26-20-19(21(29)27(6-2)22(26)30)25(4)17(24-20)11-9-14-8-10-16(15(23)12-14)32-13-18(28)31-7-3/h8-12H,5-7,13H2,1-4H3/b11-9+. The fourth-order valence-electron chi connectivity index (χ4n) is 3.34. The molecule has 2 aromatic heterocycles. The third kappa shape index (κ3) is 4.47. The second kappa shape index (κ2) is 9.86. The Bertz CT molecular complexity index is 1300. The highest BCUT2D eigenvalue weighted by Gasteiger charge is 2.17. The van der Waals surface area contributed by atoms with E-state index in [1.807, 2.05) is 6.92 Å². The summed E-state index contributed by atoms with van der Waals surface area (Å²) >= 11 is 6.26. The van der Waals surface area contributed by atoms with E-state index in [9.17, 15) is 14.4 Å². The number of fused-ring (bicyclic) bond motifs is 1. The normalized spacial score (nSPS) is 11.4. The number of halogens is 1. The number of esters is 1. The van der Waals surface area contributed by atoms with E-state index in [1.165, 1.54) is 9.13 Å². The van der Waals surface area contributed by atoms with Gasteiger partial charge in [0.2, 0.25) is 0 Å². The number of hydrogen-bond acceptors (Lipinski definition) is 6. The van der Waals surface area contributed by atoms with Crippen molar-refractivity contribution in [2.24, 2.45) is 7.05 Å². The molecule has 3 aromatic rings. The number of carbonyl (C=O) groups excluding carboxylic acids is 1. The van der Waals surface area contributed by atoms with Crippen LogP contribution in [0.2, 0.25) is 5.02 Å². The summed E-state index contributed by atoms with van der Waals surface area (Å²) in [6.07, 6.45) is 3.53. The van der Waals surface area contributed by atoms with Gasteiger partial charge in [-0.2, -0.15) is 0 Å². The molecule has 0 spiro atoms. The van der Waals surface area contributed by atoms with Crippen LogP contribution in [0.25, 0.3) is 23.3 Å². The zero-order chi connectivity index (χ0) is 23.4. The second-order valence-electron chi connectivity index (χ2n) is 6.89. The number of imidazole rings is 1. The van der Waals surface area contributed by atoms with Crippen molar-refractivity contribution in [3.8, 4) is 5.75 Å². The van der Waals surface area contributed by atoms with Gasteiger partial charge in [-0.3, -0.25) is 13.9 Å². The number of nitrogens with zero attached hydrogens (tertiary/aromatic N) is 4. The topological polar surface area (TPSA) is 97.4 Å². The number of ether oxygens (including phenoxy) is 2. The van der Waals surface area contributed by atoms with Gasteiger partial charge >= 0.3 is 11.7 Å². The summed E-state index contributed by atoms with van der Waals surface area (Å²) in [4.78, 5) is 41.3. The van der Waals surface area contributed by atoms with Crippen LogP contribution in [0.1, 0.15) is 32.2 Å². The molecule has 0 saturated carbocycles. The van der Waals surface area contributed by atoms with Gasteiger partial charge in [0.15, 0.2) is 17.8 Å². The number of benzene rings is 1. The van der Waals surface area contributed by atoms with E-state index in [0.717, 1.165) is 5.56 Å². The Balaban J connectivity index is 1.92. The average molecular weight is 461 g/mol. The fraction of sp³-hybridized carbons (Fsp3) is 0.364. The van der Waals surface area contributed by atoms with Crippen LogP contribution in [0.5, 0.6) is 5.75 Å². The fourth-order valence-corrected chi connectivity index (χ4v) is 3.58. The molecule has 0 N–H and O–H groups in total. The van der Waals surface area contributed by atoms with Crippen molar-refractivity contribution >= 4 is 40.9 Å². The van der Waals surface area contributed by atoms with Gasteiger partial charge in [0.1, 0.15) is 11.6 Å². The molecule has 0 aliphatic carbocycles. The van der Waals surface area contributed by atoms with Crippen LogP contribution in [0.3, 0.4) is 0 Å². The first-order valence-corrected chi connectivity index (χ1v) is 10.7. The van der Waals surface area contributed by atoms with E-state index in [1.54, 1.807) is 55.8 Å². The van der Waals surface area contributed by atoms with E-state index >= 15 is 0 Å². The highest BCUT2D eigenvalue weighted by atomic mass is 35.5. The monoisotopic (exact) mass is 460 g/mol. The minimum absolute atomic E-state index is 0.225. The lowest BCUT2D eigenvalue weighted by molar-refractivity contribution is -0.145. The molecule has 1 aromatic carbocycles. The average Bonchev–Trinajstić information content (AvgIpc) is 3.08. The number of hydrogen-bond donors (Lipinski definition) is 0. The van der Waals surface area contributed by atoms with Gasteiger partial charge in [0.25, 0.3) is 5.56 Å². The summed E-state index contributed by atoms with van der Waals surface area (Å²) in [7, 11) is 1.74.